The zero-order valence-corrected chi connectivity index (χ0v) is 17.9. The molecule has 4 aromatic rings. The van der Waals surface area contributed by atoms with Gasteiger partial charge in [0.2, 0.25) is 0 Å². The fourth-order valence-corrected chi connectivity index (χ4v) is 4.22. The Morgan fingerprint density at radius 3 is 2.70 bits per heavy atom. The van der Waals surface area contributed by atoms with E-state index >= 15 is 0 Å². The number of carbonyl (C=O) groups is 1. The lowest BCUT2D eigenvalue weighted by molar-refractivity contribution is 0.102. The van der Waals surface area contributed by atoms with E-state index in [1.54, 1.807) is 13.3 Å². The molecule has 7 heteroatoms. The van der Waals surface area contributed by atoms with Gasteiger partial charge in [0, 0.05) is 34.8 Å². The van der Waals surface area contributed by atoms with Crippen LogP contribution in [0.1, 0.15) is 30.1 Å². The standard InChI is InChI=1S/C23H24N4O2S/c1-3-4-13-27-22(16-9-11-17(29-2)12-10-16)25-26-23(27)30-15-21(28)19-14-24-20-8-6-5-7-18(19)20/h5-12,14,24H,3-4,13,15H2,1-2H3. The van der Waals surface area contributed by atoms with E-state index in [0.717, 1.165) is 52.6 Å². The fourth-order valence-electron chi connectivity index (χ4n) is 3.38. The van der Waals surface area contributed by atoms with Crippen LogP contribution in [0.25, 0.3) is 22.3 Å². The maximum absolute atomic E-state index is 12.9. The molecule has 0 fully saturated rings. The number of H-pyrrole nitrogens is 1. The number of benzene rings is 2. The number of Topliss-reactive ketones (excluding diaryl/α,β-unsaturated/α-hetero) is 1. The van der Waals surface area contributed by atoms with Crippen molar-refractivity contribution < 1.29 is 9.53 Å². The van der Waals surface area contributed by atoms with Gasteiger partial charge in [0.05, 0.1) is 12.9 Å². The van der Waals surface area contributed by atoms with E-state index in [2.05, 4.69) is 26.7 Å². The number of ether oxygens (including phenoxy) is 1. The highest BCUT2D eigenvalue weighted by molar-refractivity contribution is 7.99. The van der Waals surface area contributed by atoms with Crippen LogP contribution in [0.5, 0.6) is 5.75 Å². The van der Waals surface area contributed by atoms with Gasteiger partial charge in [-0.3, -0.25) is 4.79 Å². The minimum Gasteiger partial charge on any atom is -0.497 e. The van der Waals surface area contributed by atoms with Crippen LogP contribution in [-0.4, -0.2) is 38.4 Å². The number of thioether (sulfide) groups is 1. The van der Waals surface area contributed by atoms with Crippen molar-refractivity contribution >= 4 is 28.4 Å². The van der Waals surface area contributed by atoms with E-state index < -0.39 is 0 Å². The molecule has 2 aromatic heterocycles. The van der Waals surface area contributed by atoms with Crippen LogP contribution >= 0.6 is 11.8 Å². The van der Waals surface area contributed by atoms with E-state index in [1.807, 2.05) is 48.5 Å². The topological polar surface area (TPSA) is 72.8 Å². The van der Waals surface area contributed by atoms with E-state index in [-0.39, 0.29) is 5.78 Å². The molecule has 0 radical (unpaired) electrons. The summed E-state index contributed by atoms with van der Waals surface area (Å²) in [5, 5.41) is 10.5. The molecular formula is C23H24N4O2S. The van der Waals surface area contributed by atoms with Crippen LogP contribution in [0, 0.1) is 0 Å². The number of ketones is 1. The molecule has 0 saturated heterocycles. The van der Waals surface area contributed by atoms with Crippen LogP contribution in [0.4, 0.5) is 0 Å². The second-order valence-corrected chi connectivity index (χ2v) is 7.94. The molecule has 0 spiro atoms. The predicted octanol–water partition coefficient (Wildman–Crippen LogP) is 5.21. The number of unbranched alkanes of at least 4 members (excludes halogenated alkanes) is 1. The van der Waals surface area contributed by atoms with Crippen LogP contribution in [0.2, 0.25) is 0 Å². The summed E-state index contributed by atoms with van der Waals surface area (Å²) in [5.41, 5.74) is 2.67. The monoisotopic (exact) mass is 420 g/mol. The molecule has 0 aliphatic heterocycles. The molecule has 6 nitrogen and oxygen atoms in total. The molecule has 0 bridgehead atoms. The molecule has 0 atom stereocenters. The van der Waals surface area contributed by atoms with Gasteiger partial charge in [-0.05, 0) is 36.8 Å². The second kappa shape index (κ2) is 9.17. The van der Waals surface area contributed by atoms with Crippen LogP contribution in [-0.2, 0) is 6.54 Å². The van der Waals surface area contributed by atoms with Gasteiger partial charge >= 0.3 is 0 Å². The summed E-state index contributed by atoms with van der Waals surface area (Å²) in [4.78, 5) is 16.0. The molecule has 30 heavy (non-hydrogen) atoms. The van der Waals surface area contributed by atoms with E-state index in [4.69, 9.17) is 4.74 Å². The van der Waals surface area contributed by atoms with Crippen LogP contribution in [0.15, 0.2) is 59.9 Å². The third-order valence-corrected chi connectivity index (χ3v) is 5.99. The SMILES string of the molecule is CCCCn1c(SCC(=O)c2c[nH]c3ccccc23)nnc1-c1ccc(OC)cc1. The van der Waals surface area contributed by atoms with Gasteiger partial charge in [0.1, 0.15) is 5.75 Å². The van der Waals surface area contributed by atoms with E-state index in [0.29, 0.717) is 11.3 Å². The fraction of sp³-hybridized carbons (Fsp3) is 0.261. The molecular weight excluding hydrogens is 396 g/mol. The first kappa shape index (κ1) is 20.2. The van der Waals surface area contributed by atoms with Crippen molar-refractivity contribution in [2.45, 2.75) is 31.5 Å². The lowest BCUT2D eigenvalue weighted by Crippen LogP contribution is -2.06. The smallest absolute Gasteiger partial charge is 0.191 e. The second-order valence-electron chi connectivity index (χ2n) is 7.00. The van der Waals surface area contributed by atoms with Gasteiger partial charge in [-0.15, -0.1) is 10.2 Å². The quantitative estimate of drug-likeness (QED) is 0.297. The summed E-state index contributed by atoms with van der Waals surface area (Å²) < 4.78 is 7.36. The number of fused-ring (bicyclic) bond motifs is 1. The minimum atomic E-state index is 0.0773. The highest BCUT2D eigenvalue weighted by Crippen LogP contribution is 2.27. The number of aromatic amines is 1. The Labute approximate surface area is 179 Å². The van der Waals surface area contributed by atoms with Gasteiger partial charge in [-0.25, -0.2) is 0 Å². The number of nitrogens with zero attached hydrogens (tertiary/aromatic N) is 3. The zero-order chi connectivity index (χ0) is 20.9. The van der Waals surface area contributed by atoms with Gasteiger partial charge in [-0.2, -0.15) is 0 Å². The van der Waals surface area contributed by atoms with Crippen LogP contribution < -0.4 is 4.74 Å². The molecule has 0 aliphatic rings. The Bertz CT molecular complexity index is 1150. The number of para-hydroxylation sites is 1. The lowest BCUT2D eigenvalue weighted by atomic mass is 10.1. The number of rotatable bonds is 9. The zero-order valence-electron chi connectivity index (χ0n) is 17.1. The predicted molar refractivity (Wildman–Crippen MR) is 120 cm³/mol. The van der Waals surface area contributed by atoms with Gasteiger partial charge in [-0.1, -0.05) is 43.3 Å². The third kappa shape index (κ3) is 4.11. The summed E-state index contributed by atoms with van der Waals surface area (Å²) in [6.45, 7) is 2.97. The van der Waals surface area contributed by atoms with Crippen molar-refractivity contribution in [3.05, 3.63) is 60.3 Å². The van der Waals surface area contributed by atoms with Gasteiger partial charge in [0.25, 0.3) is 0 Å². The highest BCUT2D eigenvalue weighted by atomic mass is 32.2. The summed E-state index contributed by atoms with van der Waals surface area (Å²) in [7, 11) is 1.65. The molecule has 154 valence electrons. The Morgan fingerprint density at radius 1 is 1.13 bits per heavy atom. The number of hydrogen-bond acceptors (Lipinski definition) is 5. The lowest BCUT2D eigenvalue weighted by Gasteiger charge is -2.10. The number of methoxy groups -OCH3 is 1. The summed E-state index contributed by atoms with van der Waals surface area (Å²) >= 11 is 1.44. The van der Waals surface area contributed by atoms with Crippen molar-refractivity contribution in [2.24, 2.45) is 0 Å². The van der Waals surface area contributed by atoms with Gasteiger partial charge in [0.15, 0.2) is 16.8 Å². The molecule has 0 aliphatic carbocycles. The average molecular weight is 421 g/mol. The number of nitrogens with one attached hydrogen (secondary N) is 1. The summed E-state index contributed by atoms with van der Waals surface area (Å²) in [5.74, 6) is 2.01. The molecule has 0 saturated carbocycles. The molecule has 2 aromatic carbocycles. The average Bonchev–Trinajstić information content (AvgIpc) is 3.40. The van der Waals surface area contributed by atoms with Crippen molar-refractivity contribution in [1.82, 2.24) is 19.7 Å². The highest BCUT2D eigenvalue weighted by Gasteiger charge is 2.17. The van der Waals surface area contributed by atoms with Crippen molar-refractivity contribution in [3.8, 4) is 17.1 Å². The van der Waals surface area contributed by atoms with Crippen molar-refractivity contribution in [2.75, 3.05) is 12.9 Å². The Hall–Kier alpha value is -3.06. The number of hydrogen-bond donors (Lipinski definition) is 1. The van der Waals surface area contributed by atoms with Gasteiger partial charge < -0.3 is 14.3 Å². The Kier molecular flexibility index (Phi) is 6.18. The number of aromatic nitrogens is 4. The molecule has 4 rings (SSSR count). The van der Waals surface area contributed by atoms with Crippen molar-refractivity contribution in [1.29, 1.82) is 0 Å². The first-order chi connectivity index (χ1) is 14.7. The van der Waals surface area contributed by atoms with E-state index in [1.165, 1.54) is 11.8 Å². The molecule has 0 amide bonds. The maximum atomic E-state index is 12.9. The molecule has 1 N–H and O–H groups in total. The summed E-state index contributed by atoms with van der Waals surface area (Å²) in [6, 6.07) is 15.6. The number of carbonyl (C=O) groups excluding carboxylic acids is 1. The first-order valence-electron chi connectivity index (χ1n) is 10.0. The normalized spacial score (nSPS) is 11.1. The van der Waals surface area contributed by atoms with Crippen LogP contribution in [0.3, 0.4) is 0 Å². The van der Waals surface area contributed by atoms with Crippen molar-refractivity contribution in [3.63, 3.8) is 0 Å². The van der Waals surface area contributed by atoms with E-state index in [9.17, 15) is 4.79 Å². The largest absolute Gasteiger partial charge is 0.497 e. The minimum absolute atomic E-state index is 0.0773. The Morgan fingerprint density at radius 2 is 1.93 bits per heavy atom. The Balaban J connectivity index is 1.55. The maximum Gasteiger partial charge on any atom is 0.191 e. The first-order valence-corrected chi connectivity index (χ1v) is 11.0. The molecule has 0 unspecified atom stereocenters. The molecule has 2 heterocycles. The summed E-state index contributed by atoms with van der Waals surface area (Å²) in [6.07, 6.45) is 3.88. The third-order valence-electron chi connectivity index (χ3n) is 5.02.